The van der Waals surface area contributed by atoms with Gasteiger partial charge in [0.1, 0.15) is 13.2 Å². The quantitative estimate of drug-likeness (QED) is 0.389. The van der Waals surface area contributed by atoms with Gasteiger partial charge in [-0.25, -0.2) is 0 Å². The molecule has 3 amide bonds. The van der Waals surface area contributed by atoms with E-state index in [9.17, 15) is 19.6 Å². The maximum absolute atomic E-state index is 12.9. The van der Waals surface area contributed by atoms with Crippen LogP contribution in [0.1, 0.15) is 27.8 Å². The molecule has 8 nitrogen and oxygen atoms in total. The number of hydrogen-bond acceptors (Lipinski definition) is 7. The molecule has 1 aliphatic heterocycles. The van der Waals surface area contributed by atoms with Gasteiger partial charge in [-0.1, -0.05) is 42.0 Å². The molecular weight excluding hydrogens is 502 g/mol. The summed E-state index contributed by atoms with van der Waals surface area (Å²) in [5.41, 5.74) is 4.49. The first-order chi connectivity index (χ1) is 18.3. The summed E-state index contributed by atoms with van der Waals surface area (Å²) in [5.74, 6) is -0.0985. The Hall–Kier alpha value is -4.55. The number of nitriles is 1. The zero-order valence-electron chi connectivity index (χ0n) is 21.1. The highest BCUT2D eigenvalue weighted by atomic mass is 32.2. The van der Waals surface area contributed by atoms with Gasteiger partial charge in [-0.3, -0.25) is 19.3 Å². The van der Waals surface area contributed by atoms with Gasteiger partial charge >= 0.3 is 0 Å². The first kappa shape index (κ1) is 26.5. The Morgan fingerprint density at radius 3 is 2.61 bits per heavy atom. The lowest BCUT2D eigenvalue weighted by atomic mass is 10.1. The van der Waals surface area contributed by atoms with Crippen LogP contribution in [0.15, 0.2) is 65.6 Å². The molecular formula is C29H25N3O5S. The van der Waals surface area contributed by atoms with Crippen LogP contribution in [0, 0.1) is 25.2 Å². The number of carbonyl (C=O) groups is 3. The number of benzene rings is 3. The van der Waals surface area contributed by atoms with Crippen molar-refractivity contribution in [2.75, 3.05) is 19.0 Å². The van der Waals surface area contributed by atoms with Crippen LogP contribution in [-0.4, -0.2) is 35.6 Å². The van der Waals surface area contributed by atoms with Gasteiger partial charge in [0.25, 0.3) is 11.1 Å². The molecule has 3 aromatic rings. The lowest BCUT2D eigenvalue weighted by Gasteiger charge is -2.14. The Bertz CT molecular complexity index is 1490. The standard InChI is InChI=1S/C29H25N3O5S/c1-18-8-10-23(19(2)12-18)31-27(33)16-32-28(34)26(38-29(32)35)14-20-9-11-24(25(13-20)36-3)37-17-22-7-5-4-6-21(22)15-30/h4-14H,16-17H2,1-3H3,(H,31,33)/b26-14-. The fraction of sp³-hybridized carbons (Fsp3) is 0.172. The smallest absolute Gasteiger partial charge is 0.294 e. The predicted octanol–water partition coefficient (Wildman–Crippen LogP) is 5.44. The SMILES string of the molecule is COc1cc(/C=C2\SC(=O)N(CC(=O)Nc3ccc(C)cc3C)C2=O)ccc1OCc1ccccc1C#N. The Kier molecular flexibility index (Phi) is 8.14. The molecule has 0 bridgehead atoms. The number of hydrogen-bond donors (Lipinski definition) is 1. The number of methoxy groups -OCH3 is 1. The Morgan fingerprint density at radius 1 is 1.08 bits per heavy atom. The molecule has 0 atom stereocenters. The molecule has 192 valence electrons. The van der Waals surface area contributed by atoms with Crippen molar-refractivity contribution in [1.29, 1.82) is 5.26 Å². The zero-order chi connectivity index (χ0) is 27.2. The zero-order valence-corrected chi connectivity index (χ0v) is 21.9. The maximum Gasteiger partial charge on any atom is 0.294 e. The average molecular weight is 528 g/mol. The van der Waals surface area contributed by atoms with Crippen LogP contribution < -0.4 is 14.8 Å². The number of anilines is 1. The van der Waals surface area contributed by atoms with Crippen LogP contribution in [0.3, 0.4) is 0 Å². The summed E-state index contributed by atoms with van der Waals surface area (Å²) >= 11 is 0.775. The summed E-state index contributed by atoms with van der Waals surface area (Å²) in [4.78, 5) is 39.1. The van der Waals surface area contributed by atoms with Crippen molar-refractivity contribution in [3.8, 4) is 17.6 Å². The highest BCUT2D eigenvalue weighted by molar-refractivity contribution is 8.18. The van der Waals surface area contributed by atoms with Crippen molar-refractivity contribution in [2.24, 2.45) is 0 Å². The monoisotopic (exact) mass is 527 g/mol. The van der Waals surface area contributed by atoms with Crippen LogP contribution >= 0.6 is 11.8 Å². The number of nitrogens with zero attached hydrogens (tertiary/aromatic N) is 2. The Balaban J connectivity index is 1.44. The molecule has 1 saturated heterocycles. The molecule has 3 aromatic carbocycles. The lowest BCUT2D eigenvalue weighted by Crippen LogP contribution is -2.36. The van der Waals surface area contributed by atoms with Gasteiger partial charge in [0.15, 0.2) is 11.5 Å². The first-order valence-corrected chi connectivity index (χ1v) is 12.5. The summed E-state index contributed by atoms with van der Waals surface area (Å²) in [6.45, 7) is 3.64. The van der Waals surface area contributed by atoms with Gasteiger partial charge in [0.05, 0.1) is 23.6 Å². The highest BCUT2D eigenvalue weighted by Crippen LogP contribution is 2.35. The second-order valence-corrected chi connectivity index (χ2v) is 9.60. The van der Waals surface area contributed by atoms with E-state index in [0.717, 1.165) is 33.4 Å². The van der Waals surface area contributed by atoms with Gasteiger partial charge in [0, 0.05) is 11.3 Å². The molecule has 0 aromatic heterocycles. The van der Waals surface area contributed by atoms with Crippen LogP contribution in [0.5, 0.6) is 11.5 Å². The third kappa shape index (κ3) is 6.05. The fourth-order valence-electron chi connectivity index (χ4n) is 3.88. The van der Waals surface area contributed by atoms with Gasteiger partial charge in [0.2, 0.25) is 5.91 Å². The van der Waals surface area contributed by atoms with E-state index in [0.29, 0.717) is 28.3 Å². The number of ether oxygens (including phenoxy) is 2. The first-order valence-electron chi connectivity index (χ1n) is 11.7. The third-order valence-electron chi connectivity index (χ3n) is 5.84. The maximum atomic E-state index is 12.9. The normalized spacial score (nSPS) is 13.9. The summed E-state index contributed by atoms with van der Waals surface area (Å²) in [6, 6.07) is 20.0. The molecule has 9 heteroatoms. The summed E-state index contributed by atoms with van der Waals surface area (Å²) in [6.07, 6.45) is 1.57. The molecule has 0 saturated carbocycles. The molecule has 1 heterocycles. The minimum atomic E-state index is -0.539. The summed E-state index contributed by atoms with van der Waals surface area (Å²) < 4.78 is 11.3. The molecule has 0 radical (unpaired) electrons. The van der Waals surface area contributed by atoms with Crippen molar-refractivity contribution in [1.82, 2.24) is 4.90 Å². The van der Waals surface area contributed by atoms with Gasteiger partial charge in [-0.2, -0.15) is 5.26 Å². The Labute approximate surface area is 224 Å². The Morgan fingerprint density at radius 2 is 1.87 bits per heavy atom. The lowest BCUT2D eigenvalue weighted by molar-refractivity contribution is -0.127. The van der Waals surface area contributed by atoms with E-state index < -0.39 is 17.1 Å². The van der Waals surface area contributed by atoms with Crippen LogP contribution in [0.25, 0.3) is 6.08 Å². The molecule has 4 rings (SSSR count). The van der Waals surface area contributed by atoms with Gasteiger partial charge in [-0.05, 0) is 67.1 Å². The molecule has 0 aliphatic carbocycles. The molecule has 38 heavy (non-hydrogen) atoms. The van der Waals surface area contributed by atoms with Crippen molar-refractivity contribution in [2.45, 2.75) is 20.5 Å². The summed E-state index contributed by atoms with van der Waals surface area (Å²) in [7, 11) is 1.50. The van der Waals surface area contributed by atoms with Crippen molar-refractivity contribution in [3.05, 3.63) is 93.4 Å². The van der Waals surface area contributed by atoms with E-state index in [-0.39, 0.29) is 18.1 Å². The van der Waals surface area contributed by atoms with Crippen LogP contribution in [-0.2, 0) is 16.2 Å². The number of thioether (sulfide) groups is 1. The number of carbonyl (C=O) groups excluding carboxylic acids is 3. The molecule has 0 spiro atoms. The van der Waals surface area contributed by atoms with Gasteiger partial charge in [-0.15, -0.1) is 0 Å². The highest BCUT2D eigenvalue weighted by Gasteiger charge is 2.36. The van der Waals surface area contributed by atoms with E-state index in [2.05, 4.69) is 11.4 Å². The van der Waals surface area contributed by atoms with Crippen LogP contribution in [0.4, 0.5) is 10.5 Å². The minimum absolute atomic E-state index is 0.183. The van der Waals surface area contributed by atoms with E-state index in [1.54, 1.807) is 42.5 Å². The molecule has 1 N–H and O–H groups in total. The van der Waals surface area contributed by atoms with Crippen molar-refractivity contribution < 1.29 is 23.9 Å². The molecule has 0 unspecified atom stereocenters. The second kappa shape index (κ2) is 11.7. The van der Waals surface area contributed by atoms with E-state index in [4.69, 9.17) is 9.47 Å². The van der Waals surface area contributed by atoms with Crippen molar-refractivity contribution >= 4 is 40.6 Å². The fourth-order valence-corrected chi connectivity index (χ4v) is 4.72. The molecule has 1 aliphatic rings. The van der Waals surface area contributed by atoms with E-state index >= 15 is 0 Å². The largest absolute Gasteiger partial charge is 0.493 e. The minimum Gasteiger partial charge on any atom is -0.493 e. The predicted molar refractivity (Wildman–Crippen MR) is 146 cm³/mol. The third-order valence-corrected chi connectivity index (χ3v) is 6.75. The second-order valence-electron chi connectivity index (χ2n) is 8.60. The van der Waals surface area contributed by atoms with E-state index in [1.165, 1.54) is 7.11 Å². The number of nitrogens with one attached hydrogen (secondary N) is 1. The number of rotatable bonds is 8. The number of imide groups is 1. The van der Waals surface area contributed by atoms with E-state index in [1.807, 2.05) is 38.1 Å². The summed E-state index contributed by atoms with van der Waals surface area (Å²) in [5, 5.41) is 11.5. The van der Waals surface area contributed by atoms with Crippen LogP contribution in [0.2, 0.25) is 0 Å². The van der Waals surface area contributed by atoms with Gasteiger partial charge < -0.3 is 14.8 Å². The number of aryl methyl sites for hydroxylation is 2. The average Bonchev–Trinajstić information content (AvgIpc) is 3.16. The van der Waals surface area contributed by atoms with Crippen molar-refractivity contribution in [3.63, 3.8) is 0 Å². The topological polar surface area (TPSA) is 109 Å². The molecule has 1 fully saturated rings. The number of amides is 3.